The number of furan rings is 1. The number of hydrogen-bond acceptors (Lipinski definition) is 2. The summed E-state index contributed by atoms with van der Waals surface area (Å²) in [5.41, 5.74) is 12.9. The lowest BCUT2D eigenvalue weighted by Gasteiger charge is -2.27. The second kappa shape index (κ2) is 13.4. The highest BCUT2D eigenvalue weighted by Gasteiger charge is 2.23. The smallest absolute Gasteiger partial charge is 0.145 e. The van der Waals surface area contributed by atoms with Gasteiger partial charge in [-0.15, -0.1) is 0 Å². The molecule has 12 aromatic rings. The average Bonchev–Trinajstić information content (AvgIpc) is 3.86. The van der Waals surface area contributed by atoms with Crippen LogP contribution >= 0.6 is 0 Å². The second-order valence-electron chi connectivity index (χ2n) is 15.3. The first-order valence-corrected chi connectivity index (χ1v) is 20.2. The largest absolute Gasteiger partial charge is 0.455 e. The number of rotatable bonds is 6. The molecule has 276 valence electrons. The summed E-state index contributed by atoms with van der Waals surface area (Å²) >= 11 is 0. The number of fused-ring (bicyclic) bond motifs is 9. The zero-order chi connectivity index (χ0) is 38.9. The number of aromatic nitrogens is 1. The fraction of sp³-hybridized carbons (Fsp3) is 0. The van der Waals surface area contributed by atoms with Crippen LogP contribution in [-0.2, 0) is 0 Å². The van der Waals surface area contributed by atoms with Crippen LogP contribution in [0.15, 0.2) is 223 Å². The van der Waals surface area contributed by atoms with Gasteiger partial charge in [0.1, 0.15) is 11.2 Å². The summed E-state index contributed by atoms with van der Waals surface area (Å²) in [6, 6.07) is 78.6. The summed E-state index contributed by atoms with van der Waals surface area (Å²) in [7, 11) is 0. The maximum absolute atomic E-state index is 6.88. The third kappa shape index (κ3) is 5.36. The third-order valence-electron chi connectivity index (χ3n) is 12.0. The van der Waals surface area contributed by atoms with E-state index < -0.39 is 0 Å². The van der Waals surface area contributed by atoms with Gasteiger partial charge in [0.25, 0.3) is 0 Å². The summed E-state index contributed by atoms with van der Waals surface area (Å²) in [4.78, 5) is 2.36. The highest BCUT2D eigenvalue weighted by atomic mass is 16.3. The van der Waals surface area contributed by atoms with Crippen molar-refractivity contribution in [3.63, 3.8) is 0 Å². The van der Waals surface area contributed by atoms with Gasteiger partial charge in [-0.05, 0) is 111 Å². The van der Waals surface area contributed by atoms with Crippen LogP contribution in [0.4, 0.5) is 17.1 Å². The van der Waals surface area contributed by atoms with E-state index in [1.165, 1.54) is 54.5 Å². The number of benzene rings is 10. The van der Waals surface area contributed by atoms with E-state index in [0.717, 1.165) is 55.8 Å². The van der Waals surface area contributed by atoms with Crippen molar-refractivity contribution in [1.82, 2.24) is 4.57 Å². The molecule has 0 aliphatic carbocycles. The molecular weight excluding hydrogens is 717 g/mol. The highest BCUT2D eigenvalue weighted by Crippen LogP contribution is 2.47. The van der Waals surface area contributed by atoms with Gasteiger partial charge in [0.05, 0.1) is 22.1 Å². The van der Waals surface area contributed by atoms with Crippen LogP contribution < -0.4 is 4.90 Å². The van der Waals surface area contributed by atoms with Crippen molar-refractivity contribution in [3.05, 3.63) is 218 Å². The molecule has 0 bridgehead atoms. The van der Waals surface area contributed by atoms with Crippen LogP contribution in [-0.4, -0.2) is 4.57 Å². The lowest BCUT2D eigenvalue weighted by Crippen LogP contribution is -2.10. The summed E-state index contributed by atoms with van der Waals surface area (Å²) in [5, 5.41) is 9.70. The Kier molecular flexibility index (Phi) is 7.54. The molecule has 12 rings (SSSR count). The van der Waals surface area contributed by atoms with E-state index in [0.29, 0.717) is 0 Å². The number of para-hydroxylation sites is 4. The summed E-state index contributed by atoms with van der Waals surface area (Å²) in [6.45, 7) is 0. The molecule has 0 aliphatic heterocycles. The minimum absolute atomic E-state index is 0.863. The molecule has 0 atom stereocenters. The van der Waals surface area contributed by atoms with Gasteiger partial charge in [0, 0.05) is 38.8 Å². The van der Waals surface area contributed by atoms with Gasteiger partial charge in [-0.3, -0.25) is 0 Å². The average molecular weight is 753 g/mol. The monoisotopic (exact) mass is 752 g/mol. The molecule has 0 unspecified atom stereocenters. The summed E-state index contributed by atoms with van der Waals surface area (Å²) in [5.74, 6) is 0. The Bertz CT molecular complexity index is 3500. The molecule has 0 aliphatic rings. The fourth-order valence-electron chi connectivity index (χ4n) is 9.23. The van der Waals surface area contributed by atoms with E-state index in [4.69, 9.17) is 4.42 Å². The van der Waals surface area contributed by atoms with Crippen LogP contribution in [0.25, 0.3) is 93.2 Å². The van der Waals surface area contributed by atoms with Gasteiger partial charge in [-0.2, -0.15) is 0 Å². The molecule has 0 saturated carbocycles. The molecular formula is C56H36N2O. The Morgan fingerprint density at radius 2 is 0.983 bits per heavy atom. The SMILES string of the molecule is c1ccc(N(c2ccc(-c3ccc4ccc5ccccc5c4c3)cc2)c2ccc(-c3cccc(-n4c5ccccc5c5ccccc54)c3)c3oc4ccccc4c23)cc1. The zero-order valence-electron chi connectivity index (χ0n) is 32.1. The molecule has 0 spiro atoms. The molecule has 3 heteroatoms. The Morgan fingerprint density at radius 1 is 0.373 bits per heavy atom. The third-order valence-corrected chi connectivity index (χ3v) is 12.0. The van der Waals surface area contributed by atoms with E-state index in [9.17, 15) is 0 Å². The second-order valence-corrected chi connectivity index (χ2v) is 15.3. The Hall–Kier alpha value is -7.88. The maximum Gasteiger partial charge on any atom is 0.145 e. The normalized spacial score (nSPS) is 11.7. The van der Waals surface area contributed by atoms with Gasteiger partial charge >= 0.3 is 0 Å². The molecule has 0 N–H and O–H groups in total. The van der Waals surface area contributed by atoms with Crippen molar-refractivity contribution >= 4 is 82.4 Å². The lowest BCUT2D eigenvalue weighted by molar-refractivity contribution is 0.670. The van der Waals surface area contributed by atoms with E-state index in [1.807, 2.05) is 0 Å². The minimum atomic E-state index is 0.863. The van der Waals surface area contributed by atoms with Crippen molar-refractivity contribution < 1.29 is 4.42 Å². The predicted octanol–water partition coefficient (Wildman–Crippen LogP) is 15.8. The molecule has 10 aromatic carbocycles. The van der Waals surface area contributed by atoms with Crippen molar-refractivity contribution in [2.75, 3.05) is 4.90 Å². The summed E-state index contributed by atoms with van der Waals surface area (Å²) in [6.07, 6.45) is 0. The number of hydrogen-bond donors (Lipinski definition) is 0. The molecule has 2 heterocycles. The zero-order valence-corrected chi connectivity index (χ0v) is 32.1. The molecule has 2 aromatic heterocycles. The van der Waals surface area contributed by atoms with Crippen LogP contribution in [0.5, 0.6) is 0 Å². The quantitative estimate of drug-likeness (QED) is 0.158. The molecule has 0 amide bonds. The van der Waals surface area contributed by atoms with E-state index >= 15 is 0 Å². The van der Waals surface area contributed by atoms with Crippen molar-refractivity contribution in [2.24, 2.45) is 0 Å². The van der Waals surface area contributed by atoms with E-state index in [-0.39, 0.29) is 0 Å². The van der Waals surface area contributed by atoms with Crippen LogP contribution in [0, 0.1) is 0 Å². The molecule has 0 fully saturated rings. The van der Waals surface area contributed by atoms with Crippen LogP contribution in [0.1, 0.15) is 0 Å². The van der Waals surface area contributed by atoms with E-state index in [1.54, 1.807) is 0 Å². The van der Waals surface area contributed by atoms with Crippen molar-refractivity contribution in [1.29, 1.82) is 0 Å². The molecule has 0 radical (unpaired) electrons. The van der Waals surface area contributed by atoms with Gasteiger partial charge in [0.15, 0.2) is 0 Å². The lowest BCUT2D eigenvalue weighted by atomic mass is 9.97. The number of nitrogens with zero attached hydrogens (tertiary/aromatic N) is 2. The standard InChI is InChI=1S/C56H36N2O/c1-2-15-42(16-3-1)57(43-31-29-37(30-32-43)40-28-27-39-26-25-38-13-4-5-18-45(38)50(39)36-40)53-34-33-46(56-55(53)49-21-8-11-24-54(49)59-56)41-14-12-17-44(35-41)58-51-22-9-6-19-47(51)48-20-7-10-23-52(48)58/h1-36H. The van der Waals surface area contributed by atoms with Gasteiger partial charge in [-0.1, -0.05) is 146 Å². The Balaban J connectivity index is 1.01. The van der Waals surface area contributed by atoms with Gasteiger partial charge in [0.2, 0.25) is 0 Å². The summed E-state index contributed by atoms with van der Waals surface area (Å²) < 4.78 is 9.26. The Morgan fingerprint density at radius 3 is 1.76 bits per heavy atom. The van der Waals surface area contributed by atoms with Gasteiger partial charge in [-0.25, -0.2) is 0 Å². The first-order chi connectivity index (χ1) is 29.3. The predicted molar refractivity (Wildman–Crippen MR) is 249 cm³/mol. The van der Waals surface area contributed by atoms with Crippen molar-refractivity contribution in [3.8, 4) is 27.9 Å². The van der Waals surface area contributed by atoms with Crippen LogP contribution in [0.3, 0.4) is 0 Å². The van der Waals surface area contributed by atoms with Gasteiger partial charge < -0.3 is 13.9 Å². The molecule has 0 saturated heterocycles. The fourth-order valence-corrected chi connectivity index (χ4v) is 9.23. The molecule has 3 nitrogen and oxygen atoms in total. The first kappa shape index (κ1) is 33.3. The molecule has 59 heavy (non-hydrogen) atoms. The van der Waals surface area contributed by atoms with Crippen molar-refractivity contribution in [2.45, 2.75) is 0 Å². The highest BCUT2D eigenvalue weighted by molar-refractivity contribution is 6.17. The first-order valence-electron chi connectivity index (χ1n) is 20.2. The Labute approximate surface area is 341 Å². The maximum atomic E-state index is 6.88. The van der Waals surface area contributed by atoms with Crippen LogP contribution in [0.2, 0.25) is 0 Å². The minimum Gasteiger partial charge on any atom is -0.455 e. The topological polar surface area (TPSA) is 21.3 Å². The van der Waals surface area contributed by atoms with E-state index in [2.05, 4.69) is 228 Å². The number of anilines is 3.